The lowest BCUT2D eigenvalue weighted by atomic mass is 10.2. The molecule has 3 aromatic rings. The van der Waals surface area contributed by atoms with Crippen LogP contribution in [0, 0.1) is 13.8 Å². The van der Waals surface area contributed by atoms with Crippen LogP contribution >= 0.6 is 23.2 Å². The topological polar surface area (TPSA) is 66.9 Å². The number of nitrogens with one attached hydrogen (secondary N) is 2. The lowest BCUT2D eigenvalue weighted by Gasteiger charge is -2.11. The van der Waals surface area contributed by atoms with E-state index in [0.29, 0.717) is 33.1 Å². The molecule has 1 amide bonds. The van der Waals surface area contributed by atoms with E-state index < -0.39 is 0 Å². The molecule has 2 N–H and O–H groups in total. The van der Waals surface area contributed by atoms with Crippen LogP contribution in [0.3, 0.4) is 0 Å². The van der Waals surface area contributed by atoms with Gasteiger partial charge in [-0.15, -0.1) is 0 Å². The fourth-order valence-electron chi connectivity index (χ4n) is 2.34. The molecule has 26 heavy (non-hydrogen) atoms. The van der Waals surface area contributed by atoms with Gasteiger partial charge >= 0.3 is 0 Å². The third kappa shape index (κ3) is 4.31. The van der Waals surface area contributed by atoms with Gasteiger partial charge in [0.05, 0.1) is 10.7 Å². The Morgan fingerprint density at radius 1 is 0.962 bits per heavy atom. The SMILES string of the molecule is Cc1cc(C(=O)Nc2cc(Cl)ccc2C)nc(Nc2ccccc2Cl)n1. The first-order chi connectivity index (χ1) is 12.4. The maximum atomic E-state index is 12.6. The molecule has 0 saturated heterocycles. The van der Waals surface area contributed by atoms with E-state index in [1.165, 1.54) is 0 Å². The molecule has 0 unspecified atom stereocenters. The molecule has 2 aromatic carbocycles. The van der Waals surface area contributed by atoms with Crippen LogP contribution in [0.2, 0.25) is 10.0 Å². The van der Waals surface area contributed by atoms with Crippen molar-refractivity contribution < 1.29 is 4.79 Å². The van der Waals surface area contributed by atoms with E-state index in [1.807, 2.05) is 31.2 Å². The van der Waals surface area contributed by atoms with Crippen LogP contribution in [0.5, 0.6) is 0 Å². The molecule has 1 heterocycles. The molecule has 0 atom stereocenters. The standard InChI is InChI=1S/C19H16Cl2N4O/c1-11-7-8-13(20)10-16(11)23-18(26)17-9-12(2)22-19(25-17)24-15-6-4-3-5-14(15)21/h3-10H,1-2H3,(H,23,26)(H,22,24,25). The van der Waals surface area contributed by atoms with Gasteiger partial charge in [0.1, 0.15) is 5.69 Å². The molecule has 0 aliphatic heterocycles. The predicted octanol–water partition coefficient (Wildman–Crippen LogP) is 5.40. The van der Waals surface area contributed by atoms with Gasteiger partial charge in [-0.1, -0.05) is 41.4 Å². The molecule has 0 spiro atoms. The van der Waals surface area contributed by atoms with Crippen molar-refractivity contribution in [2.24, 2.45) is 0 Å². The summed E-state index contributed by atoms with van der Waals surface area (Å²) in [5.41, 5.74) is 3.10. The van der Waals surface area contributed by atoms with Crippen LogP contribution in [0.25, 0.3) is 0 Å². The molecule has 5 nitrogen and oxygen atoms in total. The third-order valence-corrected chi connectivity index (χ3v) is 4.22. The zero-order chi connectivity index (χ0) is 18.7. The molecule has 0 aliphatic rings. The van der Waals surface area contributed by atoms with E-state index in [9.17, 15) is 4.79 Å². The number of carbonyl (C=O) groups is 1. The van der Waals surface area contributed by atoms with Gasteiger partial charge in [0.15, 0.2) is 0 Å². The van der Waals surface area contributed by atoms with Gasteiger partial charge in [0.25, 0.3) is 5.91 Å². The molecule has 132 valence electrons. The van der Waals surface area contributed by atoms with E-state index in [0.717, 1.165) is 5.56 Å². The highest BCUT2D eigenvalue weighted by Crippen LogP contribution is 2.24. The van der Waals surface area contributed by atoms with Crippen molar-refractivity contribution in [1.29, 1.82) is 0 Å². The summed E-state index contributed by atoms with van der Waals surface area (Å²) in [6.45, 7) is 3.68. The Hall–Kier alpha value is -2.63. The van der Waals surface area contributed by atoms with E-state index >= 15 is 0 Å². The first kappa shape index (κ1) is 18.2. The van der Waals surface area contributed by atoms with Crippen molar-refractivity contribution in [3.63, 3.8) is 0 Å². The maximum absolute atomic E-state index is 12.6. The highest BCUT2D eigenvalue weighted by atomic mass is 35.5. The molecular formula is C19H16Cl2N4O. The Labute approximate surface area is 161 Å². The number of carbonyl (C=O) groups excluding carboxylic acids is 1. The number of aryl methyl sites for hydroxylation is 2. The quantitative estimate of drug-likeness (QED) is 0.629. The van der Waals surface area contributed by atoms with Gasteiger partial charge < -0.3 is 10.6 Å². The van der Waals surface area contributed by atoms with Gasteiger partial charge in [-0.2, -0.15) is 0 Å². The Bertz CT molecular complexity index is 976. The van der Waals surface area contributed by atoms with Crippen molar-refractivity contribution >= 4 is 46.4 Å². The average Bonchev–Trinajstić information content (AvgIpc) is 2.59. The van der Waals surface area contributed by atoms with Crippen LogP contribution in [0.4, 0.5) is 17.3 Å². The Kier molecular flexibility index (Phi) is 5.40. The molecule has 0 radical (unpaired) electrons. The smallest absolute Gasteiger partial charge is 0.274 e. The predicted molar refractivity (Wildman–Crippen MR) is 106 cm³/mol. The second-order valence-electron chi connectivity index (χ2n) is 5.74. The summed E-state index contributed by atoms with van der Waals surface area (Å²) in [6, 6.07) is 14.2. The number of rotatable bonds is 4. The number of anilines is 3. The van der Waals surface area contributed by atoms with Gasteiger partial charge in [0.2, 0.25) is 5.95 Å². The molecule has 0 saturated carbocycles. The minimum absolute atomic E-state index is 0.242. The van der Waals surface area contributed by atoms with E-state index in [2.05, 4.69) is 20.6 Å². The number of aromatic nitrogens is 2. The van der Waals surface area contributed by atoms with E-state index in [1.54, 1.807) is 31.2 Å². The van der Waals surface area contributed by atoms with E-state index in [4.69, 9.17) is 23.2 Å². The lowest BCUT2D eigenvalue weighted by molar-refractivity contribution is 0.102. The van der Waals surface area contributed by atoms with Gasteiger partial charge in [-0.3, -0.25) is 4.79 Å². The number of hydrogen-bond acceptors (Lipinski definition) is 4. The van der Waals surface area contributed by atoms with Crippen LogP contribution in [0.1, 0.15) is 21.7 Å². The number of hydrogen-bond donors (Lipinski definition) is 2. The fourth-order valence-corrected chi connectivity index (χ4v) is 2.69. The summed E-state index contributed by atoms with van der Waals surface area (Å²) < 4.78 is 0. The summed E-state index contributed by atoms with van der Waals surface area (Å²) >= 11 is 12.1. The number of amides is 1. The zero-order valence-electron chi connectivity index (χ0n) is 14.2. The first-order valence-electron chi connectivity index (χ1n) is 7.87. The van der Waals surface area contributed by atoms with Gasteiger partial charge in [0, 0.05) is 16.4 Å². The Balaban J connectivity index is 1.86. The monoisotopic (exact) mass is 386 g/mol. The fraction of sp³-hybridized carbons (Fsp3) is 0.105. The first-order valence-corrected chi connectivity index (χ1v) is 8.63. The summed E-state index contributed by atoms with van der Waals surface area (Å²) in [5, 5.41) is 6.95. The largest absolute Gasteiger partial charge is 0.323 e. The Morgan fingerprint density at radius 2 is 1.73 bits per heavy atom. The van der Waals surface area contributed by atoms with Crippen molar-refractivity contribution in [3.05, 3.63) is 75.5 Å². The number of halogens is 2. The molecule has 1 aromatic heterocycles. The highest BCUT2D eigenvalue weighted by molar-refractivity contribution is 6.33. The minimum Gasteiger partial charge on any atom is -0.323 e. The van der Waals surface area contributed by atoms with Crippen molar-refractivity contribution in [1.82, 2.24) is 9.97 Å². The maximum Gasteiger partial charge on any atom is 0.274 e. The van der Waals surface area contributed by atoms with Crippen LogP contribution in [0.15, 0.2) is 48.5 Å². The highest BCUT2D eigenvalue weighted by Gasteiger charge is 2.13. The number of nitrogens with zero attached hydrogens (tertiary/aromatic N) is 2. The summed E-state index contributed by atoms with van der Waals surface area (Å²) in [7, 11) is 0. The second kappa shape index (κ2) is 7.72. The molecule has 0 fully saturated rings. The number of benzene rings is 2. The second-order valence-corrected chi connectivity index (χ2v) is 6.58. The molecule has 0 aliphatic carbocycles. The Morgan fingerprint density at radius 3 is 2.50 bits per heavy atom. The van der Waals surface area contributed by atoms with Crippen LogP contribution in [-0.2, 0) is 0 Å². The molecule has 7 heteroatoms. The van der Waals surface area contributed by atoms with Crippen molar-refractivity contribution in [2.45, 2.75) is 13.8 Å². The van der Waals surface area contributed by atoms with Crippen molar-refractivity contribution in [2.75, 3.05) is 10.6 Å². The van der Waals surface area contributed by atoms with Crippen LogP contribution in [-0.4, -0.2) is 15.9 Å². The molecular weight excluding hydrogens is 371 g/mol. The summed E-state index contributed by atoms with van der Waals surface area (Å²) in [6.07, 6.45) is 0. The molecule has 0 bridgehead atoms. The normalized spacial score (nSPS) is 10.5. The van der Waals surface area contributed by atoms with Gasteiger partial charge in [-0.25, -0.2) is 9.97 Å². The third-order valence-electron chi connectivity index (χ3n) is 3.66. The summed E-state index contributed by atoms with van der Waals surface area (Å²) in [5.74, 6) is -0.0471. The zero-order valence-corrected chi connectivity index (χ0v) is 15.7. The van der Waals surface area contributed by atoms with Gasteiger partial charge in [-0.05, 0) is 49.7 Å². The van der Waals surface area contributed by atoms with Crippen LogP contribution < -0.4 is 10.6 Å². The number of para-hydroxylation sites is 1. The lowest BCUT2D eigenvalue weighted by Crippen LogP contribution is -2.16. The average molecular weight is 387 g/mol. The van der Waals surface area contributed by atoms with Crippen molar-refractivity contribution in [3.8, 4) is 0 Å². The van der Waals surface area contributed by atoms with E-state index in [-0.39, 0.29) is 11.6 Å². The molecule has 3 rings (SSSR count). The minimum atomic E-state index is -0.344. The summed E-state index contributed by atoms with van der Waals surface area (Å²) in [4.78, 5) is 21.2.